The zero-order chi connectivity index (χ0) is 14.1. The van der Waals surface area contributed by atoms with Gasteiger partial charge < -0.3 is 10.6 Å². The summed E-state index contributed by atoms with van der Waals surface area (Å²) in [5, 5.41) is 1.43. The van der Waals surface area contributed by atoms with E-state index in [4.69, 9.17) is 28.9 Å². The van der Waals surface area contributed by atoms with Crippen molar-refractivity contribution in [2.45, 2.75) is 19.4 Å². The van der Waals surface area contributed by atoms with Crippen molar-refractivity contribution in [1.82, 2.24) is 0 Å². The summed E-state index contributed by atoms with van der Waals surface area (Å²) in [7, 11) is 0. The van der Waals surface area contributed by atoms with Gasteiger partial charge in [-0.25, -0.2) is 0 Å². The van der Waals surface area contributed by atoms with Crippen LogP contribution >= 0.6 is 23.2 Å². The molecule has 2 aromatic carbocycles. The maximum absolute atomic E-state index is 6.27. The van der Waals surface area contributed by atoms with Crippen molar-refractivity contribution < 1.29 is 0 Å². The van der Waals surface area contributed by atoms with Gasteiger partial charge in [0.2, 0.25) is 0 Å². The van der Waals surface area contributed by atoms with Gasteiger partial charge in [0.1, 0.15) is 0 Å². The van der Waals surface area contributed by atoms with Crippen molar-refractivity contribution in [1.29, 1.82) is 0 Å². The minimum atomic E-state index is 0.716. The number of fused-ring (bicyclic) bond motifs is 1. The van der Waals surface area contributed by atoms with Crippen molar-refractivity contribution in [3.05, 3.63) is 57.6 Å². The average molecular weight is 307 g/mol. The van der Waals surface area contributed by atoms with E-state index in [0.29, 0.717) is 10.0 Å². The first kappa shape index (κ1) is 13.6. The van der Waals surface area contributed by atoms with E-state index in [9.17, 15) is 0 Å². The van der Waals surface area contributed by atoms with Gasteiger partial charge in [0.05, 0.1) is 0 Å². The third kappa shape index (κ3) is 2.46. The fourth-order valence-electron chi connectivity index (χ4n) is 2.77. The number of halogens is 2. The first-order valence-electron chi connectivity index (χ1n) is 6.72. The zero-order valence-electron chi connectivity index (χ0n) is 11.1. The Morgan fingerprint density at radius 2 is 1.75 bits per heavy atom. The van der Waals surface area contributed by atoms with Crippen LogP contribution in [-0.4, -0.2) is 6.54 Å². The fourth-order valence-corrected chi connectivity index (χ4v) is 3.28. The molecule has 0 atom stereocenters. The van der Waals surface area contributed by atoms with Crippen LogP contribution in [-0.2, 0) is 13.0 Å². The first-order valence-corrected chi connectivity index (χ1v) is 7.47. The normalized spacial score (nSPS) is 14.2. The van der Waals surface area contributed by atoms with Crippen molar-refractivity contribution in [3.63, 3.8) is 0 Å². The summed E-state index contributed by atoms with van der Waals surface area (Å²) in [5.41, 5.74) is 10.4. The molecule has 0 fully saturated rings. The maximum Gasteiger partial charge on any atom is 0.0470 e. The molecule has 0 bridgehead atoms. The van der Waals surface area contributed by atoms with Gasteiger partial charge in [-0.05, 0) is 42.7 Å². The van der Waals surface area contributed by atoms with Crippen LogP contribution in [0.1, 0.15) is 17.5 Å². The molecular formula is C16H16Cl2N2. The standard InChI is InChI=1S/C16H16Cl2N2/c17-13-5-1-6-14(18)12(13)10-20-9-3-4-11-15(19)7-2-8-16(11)20/h1-2,5-8H,3-4,9-10,19H2. The highest BCUT2D eigenvalue weighted by Gasteiger charge is 2.20. The van der Waals surface area contributed by atoms with E-state index in [2.05, 4.69) is 11.0 Å². The number of rotatable bonds is 2. The van der Waals surface area contributed by atoms with Gasteiger partial charge in [0.25, 0.3) is 0 Å². The molecule has 4 heteroatoms. The van der Waals surface area contributed by atoms with Gasteiger partial charge >= 0.3 is 0 Å². The van der Waals surface area contributed by atoms with E-state index in [-0.39, 0.29) is 0 Å². The number of benzene rings is 2. The van der Waals surface area contributed by atoms with E-state index in [1.165, 1.54) is 11.3 Å². The smallest absolute Gasteiger partial charge is 0.0470 e. The van der Waals surface area contributed by atoms with E-state index in [1.54, 1.807) is 0 Å². The molecule has 0 aromatic heterocycles. The third-order valence-corrected chi connectivity index (χ3v) is 4.50. The SMILES string of the molecule is Nc1cccc2c1CCCN2Cc1c(Cl)cccc1Cl. The Hall–Kier alpha value is -1.38. The second-order valence-electron chi connectivity index (χ2n) is 5.07. The summed E-state index contributed by atoms with van der Waals surface area (Å²) in [6.07, 6.45) is 2.14. The number of nitrogen functional groups attached to an aromatic ring is 1. The highest BCUT2D eigenvalue weighted by atomic mass is 35.5. The molecule has 2 nitrogen and oxygen atoms in total. The molecular weight excluding hydrogens is 291 g/mol. The fraction of sp³-hybridized carbons (Fsp3) is 0.250. The Morgan fingerprint density at radius 1 is 1.05 bits per heavy atom. The first-order chi connectivity index (χ1) is 9.66. The highest BCUT2D eigenvalue weighted by Crippen LogP contribution is 2.34. The van der Waals surface area contributed by atoms with Crippen LogP contribution in [0.4, 0.5) is 11.4 Å². The van der Waals surface area contributed by atoms with Crippen LogP contribution in [0, 0.1) is 0 Å². The Balaban J connectivity index is 1.96. The molecule has 0 amide bonds. The van der Waals surface area contributed by atoms with E-state index >= 15 is 0 Å². The topological polar surface area (TPSA) is 29.3 Å². The predicted molar refractivity (Wildman–Crippen MR) is 86.7 cm³/mol. The third-order valence-electron chi connectivity index (χ3n) is 3.79. The number of hydrogen-bond acceptors (Lipinski definition) is 2. The lowest BCUT2D eigenvalue weighted by molar-refractivity contribution is 0.692. The zero-order valence-corrected chi connectivity index (χ0v) is 12.6. The Bertz CT molecular complexity index is 620. The lowest BCUT2D eigenvalue weighted by Crippen LogP contribution is -2.29. The van der Waals surface area contributed by atoms with Crippen molar-refractivity contribution in [2.75, 3.05) is 17.2 Å². The quantitative estimate of drug-likeness (QED) is 0.826. The van der Waals surface area contributed by atoms with Crippen molar-refractivity contribution in [3.8, 4) is 0 Å². The van der Waals surface area contributed by atoms with E-state index in [1.807, 2.05) is 30.3 Å². The summed E-state index contributed by atoms with van der Waals surface area (Å²) >= 11 is 12.5. The summed E-state index contributed by atoms with van der Waals surface area (Å²) in [5.74, 6) is 0. The largest absolute Gasteiger partial charge is 0.398 e. The number of anilines is 2. The number of nitrogens with zero attached hydrogens (tertiary/aromatic N) is 1. The molecule has 2 N–H and O–H groups in total. The summed E-state index contributed by atoms with van der Waals surface area (Å²) in [6, 6.07) is 11.7. The molecule has 20 heavy (non-hydrogen) atoms. The van der Waals surface area contributed by atoms with Gasteiger partial charge in [-0.2, -0.15) is 0 Å². The predicted octanol–water partition coefficient (Wildman–Crippen LogP) is 4.53. The van der Waals surface area contributed by atoms with Gasteiger partial charge in [-0.3, -0.25) is 0 Å². The van der Waals surface area contributed by atoms with Gasteiger partial charge in [0, 0.05) is 40.1 Å². The van der Waals surface area contributed by atoms with Crippen LogP contribution in [0.5, 0.6) is 0 Å². The van der Waals surface area contributed by atoms with Crippen LogP contribution in [0.25, 0.3) is 0 Å². The summed E-state index contributed by atoms with van der Waals surface area (Å²) < 4.78 is 0. The average Bonchev–Trinajstić information content (AvgIpc) is 2.44. The van der Waals surface area contributed by atoms with E-state index < -0.39 is 0 Å². The number of hydrogen-bond donors (Lipinski definition) is 1. The summed E-state index contributed by atoms with van der Waals surface area (Å²) in [4.78, 5) is 2.31. The molecule has 1 aliphatic heterocycles. The maximum atomic E-state index is 6.27. The lowest BCUT2D eigenvalue weighted by Gasteiger charge is -2.32. The Kier molecular flexibility index (Phi) is 3.77. The molecule has 1 aliphatic rings. The van der Waals surface area contributed by atoms with Crippen LogP contribution < -0.4 is 10.6 Å². The second-order valence-corrected chi connectivity index (χ2v) is 5.88. The molecule has 3 rings (SSSR count). The van der Waals surface area contributed by atoms with E-state index in [0.717, 1.165) is 37.2 Å². The molecule has 1 heterocycles. The van der Waals surface area contributed by atoms with Crippen LogP contribution in [0.2, 0.25) is 10.0 Å². The van der Waals surface area contributed by atoms with Crippen LogP contribution in [0.3, 0.4) is 0 Å². The molecule has 2 aromatic rings. The van der Waals surface area contributed by atoms with Gasteiger partial charge in [-0.1, -0.05) is 35.3 Å². The van der Waals surface area contributed by atoms with Gasteiger partial charge in [0.15, 0.2) is 0 Å². The monoisotopic (exact) mass is 306 g/mol. The minimum absolute atomic E-state index is 0.716. The van der Waals surface area contributed by atoms with Crippen molar-refractivity contribution in [2.24, 2.45) is 0 Å². The molecule has 104 valence electrons. The molecule has 0 saturated heterocycles. The molecule has 0 aliphatic carbocycles. The molecule has 0 spiro atoms. The molecule has 0 radical (unpaired) electrons. The Morgan fingerprint density at radius 3 is 2.50 bits per heavy atom. The van der Waals surface area contributed by atoms with Gasteiger partial charge in [-0.15, -0.1) is 0 Å². The number of nitrogens with two attached hydrogens (primary N) is 1. The molecule has 0 unspecified atom stereocenters. The van der Waals surface area contributed by atoms with Crippen molar-refractivity contribution >= 4 is 34.6 Å². The highest BCUT2D eigenvalue weighted by molar-refractivity contribution is 6.36. The second kappa shape index (κ2) is 5.55. The lowest BCUT2D eigenvalue weighted by atomic mass is 9.99. The Labute approximate surface area is 129 Å². The van der Waals surface area contributed by atoms with Crippen LogP contribution in [0.15, 0.2) is 36.4 Å². The minimum Gasteiger partial charge on any atom is -0.398 e. The molecule has 0 saturated carbocycles. The summed E-state index contributed by atoms with van der Waals surface area (Å²) in [6.45, 7) is 1.72.